The summed E-state index contributed by atoms with van der Waals surface area (Å²) >= 11 is 6.00. The van der Waals surface area contributed by atoms with Crippen LogP contribution in [-0.4, -0.2) is 24.5 Å². The van der Waals surface area contributed by atoms with Gasteiger partial charge < -0.3 is 5.73 Å². The Balaban J connectivity index is 0.00000133. The lowest BCUT2D eigenvalue weighted by Gasteiger charge is -2.11. The van der Waals surface area contributed by atoms with Gasteiger partial charge in [0.05, 0.1) is 11.3 Å². The van der Waals surface area contributed by atoms with Crippen LogP contribution in [0, 0.1) is 0 Å². The number of hydrogen-bond acceptors (Lipinski definition) is 5. The third-order valence-corrected chi connectivity index (χ3v) is 5.72. The maximum absolute atomic E-state index is 6.20. The van der Waals surface area contributed by atoms with Gasteiger partial charge in [-0.05, 0) is 60.5 Å². The molecular weight excluding hydrogens is 444 g/mol. The van der Waals surface area contributed by atoms with Crippen molar-refractivity contribution >= 4 is 28.6 Å². The van der Waals surface area contributed by atoms with Crippen LogP contribution < -0.4 is 5.73 Å². The highest BCUT2D eigenvalue weighted by molar-refractivity contribution is 6.17. The number of anilines is 1. The molecular formula is C27H27ClN6. The van der Waals surface area contributed by atoms with Crippen LogP contribution in [0.3, 0.4) is 0 Å². The molecule has 0 aliphatic heterocycles. The van der Waals surface area contributed by atoms with Gasteiger partial charge in [0, 0.05) is 35.2 Å². The summed E-state index contributed by atoms with van der Waals surface area (Å²) in [6.45, 7) is 6.09. The van der Waals surface area contributed by atoms with Gasteiger partial charge in [-0.15, -0.1) is 11.6 Å². The van der Waals surface area contributed by atoms with Crippen molar-refractivity contribution in [1.82, 2.24) is 24.5 Å². The van der Waals surface area contributed by atoms with Crippen LogP contribution in [0.25, 0.3) is 39.5 Å². The monoisotopic (exact) mass is 470 g/mol. The van der Waals surface area contributed by atoms with Crippen LogP contribution in [-0.2, 0) is 12.3 Å². The number of halogens is 1. The Morgan fingerprint density at radius 1 is 0.912 bits per heavy atom. The molecule has 2 N–H and O–H groups in total. The molecule has 34 heavy (non-hydrogen) atoms. The summed E-state index contributed by atoms with van der Waals surface area (Å²) in [4.78, 5) is 18.6. The lowest BCUT2D eigenvalue weighted by molar-refractivity contribution is 1.03. The van der Waals surface area contributed by atoms with Crippen molar-refractivity contribution in [1.29, 1.82) is 0 Å². The Hall–Kier alpha value is -3.77. The fourth-order valence-electron chi connectivity index (χ4n) is 3.67. The standard InChI is InChI=1S/C25H21ClN6.C2H6/c1-2-18-8-7-17(15-29-18)21-11-12-22-25(30-21)32(19-9-5-16(14-26)6-10-19)24(31-22)20-4-3-13-28-23(20)27;1-2/h3-13,15H,2,14H2,1H3,(H2,27,28);1-2H3. The first kappa shape index (κ1) is 23.4. The van der Waals surface area contributed by atoms with Gasteiger partial charge in [-0.1, -0.05) is 32.9 Å². The predicted octanol–water partition coefficient (Wildman–Crippen LogP) is 6.45. The van der Waals surface area contributed by atoms with E-state index in [9.17, 15) is 0 Å². The molecule has 0 saturated carbocycles. The number of aromatic nitrogens is 5. The van der Waals surface area contributed by atoms with Crippen LogP contribution in [0.1, 0.15) is 32.0 Å². The third kappa shape index (κ3) is 4.50. The number of hydrogen-bond donors (Lipinski definition) is 1. The molecule has 7 heteroatoms. The zero-order valence-corrected chi connectivity index (χ0v) is 20.3. The highest BCUT2D eigenvalue weighted by atomic mass is 35.5. The molecule has 6 nitrogen and oxygen atoms in total. The quantitative estimate of drug-likeness (QED) is 0.298. The van der Waals surface area contributed by atoms with Gasteiger partial charge in [0.2, 0.25) is 0 Å². The van der Waals surface area contributed by atoms with Crippen LogP contribution in [0.5, 0.6) is 0 Å². The maximum Gasteiger partial charge on any atom is 0.165 e. The minimum atomic E-state index is 0.418. The summed E-state index contributed by atoms with van der Waals surface area (Å²) in [6.07, 6.45) is 4.43. The molecule has 0 saturated heterocycles. The van der Waals surface area contributed by atoms with E-state index in [-0.39, 0.29) is 0 Å². The van der Waals surface area contributed by atoms with Crippen molar-refractivity contribution in [2.75, 3.05) is 5.73 Å². The fraction of sp³-hybridized carbons (Fsp3) is 0.185. The lowest BCUT2D eigenvalue weighted by atomic mass is 10.1. The van der Waals surface area contributed by atoms with Crippen molar-refractivity contribution in [2.24, 2.45) is 0 Å². The fourth-order valence-corrected chi connectivity index (χ4v) is 3.85. The molecule has 0 atom stereocenters. The Morgan fingerprint density at radius 2 is 1.71 bits per heavy atom. The molecule has 0 bridgehead atoms. The number of benzene rings is 1. The van der Waals surface area contributed by atoms with E-state index in [1.54, 1.807) is 6.20 Å². The van der Waals surface area contributed by atoms with E-state index in [0.29, 0.717) is 17.5 Å². The van der Waals surface area contributed by atoms with E-state index in [4.69, 9.17) is 27.3 Å². The first-order chi connectivity index (χ1) is 16.7. The normalized spacial score (nSPS) is 10.7. The summed E-state index contributed by atoms with van der Waals surface area (Å²) in [5.41, 5.74) is 13.3. The maximum atomic E-state index is 6.20. The van der Waals surface area contributed by atoms with E-state index in [1.165, 1.54) is 0 Å². The first-order valence-electron chi connectivity index (χ1n) is 11.4. The zero-order valence-electron chi connectivity index (χ0n) is 19.5. The predicted molar refractivity (Wildman–Crippen MR) is 140 cm³/mol. The molecule has 0 amide bonds. The average molecular weight is 471 g/mol. The van der Waals surface area contributed by atoms with Crippen molar-refractivity contribution < 1.29 is 0 Å². The summed E-state index contributed by atoms with van der Waals surface area (Å²) in [7, 11) is 0. The smallest absolute Gasteiger partial charge is 0.165 e. The van der Waals surface area contributed by atoms with Gasteiger partial charge in [-0.3, -0.25) is 9.55 Å². The minimum absolute atomic E-state index is 0.418. The summed E-state index contributed by atoms with van der Waals surface area (Å²) in [5.74, 6) is 1.56. The molecule has 0 spiro atoms. The van der Waals surface area contributed by atoms with E-state index in [0.717, 1.165) is 51.4 Å². The van der Waals surface area contributed by atoms with E-state index in [1.807, 2.05) is 79.2 Å². The Bertz CT molecular complexity index is 1390. The minimum Gasteiger partial charge on any atom is -0.383 e. The molecule has 0 fully saturated rings. The highest BCUT2D eigenvalue weighted by Gasteiger charge is 2.18. The Kier molecular flexibility index (Phi) is 7.18. The van der Waals surface area contributed by atoms with Crippen LogP contribution in [0.4, 0.5) is 5.82 Å². The molecule has 0 radical (unpaired) electrons. The second-order valence-corrected chi connectivity index (χ2v) is 7.71. The molecule has 0 aliphatic carbocycles. The average Bonchev–Trinajstić information content (AvgIpc) is 3.28. The van der Waals surface area contributed by atoms with Crippen molar-refractivity contribution in [3.05, 3.63) is 84.3 Å². The number of alkyl halides is 1. The van der Waals surface area contributed by atoms with Crippen LogP contribution >= 0.6 is 11.6 Å². The van der Waals surface area contributed by atoms with E-state index in [2.05, 4.69) is 23.0 Å². The molecule has 0 aliphatic rings. The number of rotatable bonds is 5. The zero-order chi connectivity index (χ0) is 24.1. The second-order valence-electron chi connectivity index (χ2n) is 7.44. The molecule has 5 rings (SSSR count). The highest BCUT2D eigenvalue weighted by Crippen LogP contribution is 2.31. The SMILES string of the molecule is CC.CCc1ccc(-c2ccc3nc(-c4cccnc4N)n(-c4ccc(CCl)cc4)c3n2)cn1. The van der Waals surface area contributed by atoms with Gasteiger partial charge in [-0.2, -0.15) is 0 Å². The van der Waals surface area contributed by atoms with Gasteiger partial charge >= 0.3 is 0 Å². The number of fused-ring (bicyclic) bond motifs is 1. The largest absolute Gasteiger partial charge is 0.383 e. The number of pyridine rings is 3. The van der Waals surface area contributed by atoms with Crippen LogP contribution in [0.15, 0.2) is 73.1 Å². The molecule has 4 heterocycles. The molecule has 4 aromatic heterocycles. The molecule has 5 aromatic rings. The number of imidazole rings is 1. The summed E-state index contributed by atoms with van der Waals surface area (Å²) in [5, 5.41) is 0. The van der Waals surface area contributed by atoms with Crippen molar-refractivity contribution in [2.45, 2.75) is 33.1 Å². The summed E-state index contributed by atoms with van der Waals surface area (Å²) < 4.78 is 2.01. The molecule has 1 aromatic carbocycles. The number of nitrogens with two attached hydrogens (primary N) is 1. The second kappa shape index (κ2) is 10.4. The third-order valence-electron chi connectivity index (χ3n) is 5.42. The summed E-state index contributed by atoms with van der Waals surface area (Å²) in [6, 6.07) is 19.8. The lowest BCUT2D eigenvalue weighted by Crippen LogP contribution is -2.02. The Morgan fingerprint density at radius 3 is 2.35 bits per heavy atom. The van der Waals surface area contributed by atoms with Gasteiger partial charge in [0.25, 0.3) is 0 Å². The van der Waals surface area contributed by atoms with Crippen molar-refractivity contribution in [3.8, 4) is 28.3 Å². The van der Waals surface area contributed by atoms with Crippen molar-refractivity contribution in [3.63, 3.8) is 0 Å². The number of nitrogens with zero attached hydrogens (tertiary/aromatic N) is 5. The number of nitrogen functional groups attached to an aromatic ring is 1. The van der Waals surface area contributed by atoms with Crippen LogP contribution in [0.2, 0.25) is 0 Å². The molecule has 172 valence electrons. The topological polar surface area (TPSA) is 82.5 Å². The van der Waals surface area contributed by atoms with Gasteiger partial charge in [0.1, 0.15) is 11.3 Å². The van der Waals surface area contributed by atoms with Gasteiger partial charge in [0.15, 0.2) is 11.5 Å². The first-order valence-corrected chi connectivity index (χ1v) is 11.9. The van der Waals surface area contributed by atoms with E-state index < -0.39 is 0 Å². The van der Waals surface area contributed by atoms with E-state index >= 15 is 0 Å². The Labute approximate surface area is 204 Å². The molecule has 0 unspecified atom stereocenters. The van der Waals surface area contributed by atoms with Gasteiger partial charge in [-0.25, -0.2) is 15.0 Å². The number of aryl methyl sites for hydroxylation is 1.